The zero-order valence-corrected chi connectivity index (χ0v) is 23.1. The first kappa shape index (κ1) is 26.8. The third kappa shape index (κ3) is 5.75. The Morgan fingerprint density at radius 2 is 0.860 bits per heavy atom. The van der Waals surface area contributed by atoms with Crippen molar-refractivity contribution in [3.63, 3.8) is 0 Å². The van der Waals surface area contributed by atoms with Crippen LogP contribution >= 0.6 is 0 Å². The topological polar surface area (TPSA) is 55.2 Å². The van der Waals surface area contributed by atoms with Gasteiger partial charge in [-0.05, 0) is 100 Å². The third-order valence-electron chi connectivity index (χ3n) is 7.36. The first-order valence-corrected chi connectivity index (χ1v) is 13.7. The molecule has 0 bridgehead atoms. The van der Waals surface area contributed by atoms with Gasteiger partial charge in [0.1, 0.15) is 0 Å². The van der Waals surface area contributed by atoms with Gasteiger partial charge in [-0.1, -0.05) is 78.9 Å². The number of hydrogen-bond donors (Lipinski definition) is 0. The van der Waals surface area contributed by atoms with Gasteiger partial charge in [0.15, 0.2) is 5.69 Å². The first-order chi connectivity index (χ1) is 21.1. The van der Waals surface area contributed by atoms with E-state index in [9.17, 15) is 5.26 Å². The first-order valence-electron chi connectivity index (χ1n) is 13.7. The maximum absolute atomic E-state index is 9.33. The van der Waals surface area contributed by atoms with Crippen LogP contribution in [0.5, 0.6) is 0 Å². The zero-order valence-electron chi connectivity index (χ0n) is 23.1. The molecule has 0 radical (unpaired) electrons. The number of nitrogens with zero attached hydrogens (tertiary/aromatic N) is 4. The van der Waals surface area contributed by atoms with Crippen LogP contribution in [-0.4, -0.2) is 0 Å². The fourth-order valence-corrected chi connectivity index (χ4v) is 5.12. The predicted molar refractivity (Wildman–Crippen MR) is 173 cm³/mol. The normalized spacial score (nSPS) is 10.3. The van der Waals surface area contributed by atoms with Crippen LogP contribution in [0.4, 0.5) is 22.7 Å². The quantitative estimate of drug-likeness (QED) is 0.195. The summed E-state index contributed by atoms with van der Waals surface area (Å²) in [5, 5.41) is 18.5. The molecule has 6 aromatic rings. The van der Waals surface area contributed by atoms with Crippen LogP contribution in [0.2, 0.25) is 0 Å². The van der Waals surface area contributed by atoms with Gasteiger partial charge in [0, 0.05) is 17.1 Å². The lowest BCUT2D eigenvalue weighted by Crippen LogP contribution is -2.09. The molecule has 0 N–H and O–H groups in total. The Bertz CT molecular complexity index is 1920. The Morgan fingerprint density at radius 1 is 0.442 bits per heavy atom. The molecule has 0 saturated heterocycles. The van der Waals surface area contributed by atoms with Crippen LogP contribution < -0.4 is 4.90 Å². The average molecular weight is 549 g/mol. The van der Waals surface area contributed by atoms with Crippen molar-refractivity contribution < 1.29 is 0 Å². The van der Waals surface area contributed by atoms with Gasteiger partial charge in [-0.15, -0.1) is 0 Å². The maximum Gasteiger partial charge on any atom is 0.187 e. The second-order valence-corrected chi connectivity index (χ2v) is 10.0. The van der Waals surface area contributed by atoms with Gasteiger partial charge in [0.25, 0.3) is 0 Å². The molecule has 0 spiro atoms. The molecule has 0 fully saturated rings. The lowest BCUT2D eigenvalue weighted by molar-refractivity contribution is 1.28. The highest BCUT2D eigenvalue weighted by atomic mass is 15.1. The molecule has 6 aromatic carbocycles. The van der Waals surface area contributed by atoms with E-state index in [0.717, 1.165) is 50.4 Å². The van der Waals surface area contributed by atoms with Crippen molar-refractivity contribution in [2.24, 2.45) is 0 Å². The van der Waals surface area contributed by atoms with E-state index in [4.69, 9.17) is 11.8 Å². The summed E-state index contributed by atoms with van der Waals surface area (Å²) in [6.07, 6.45) is 0. The van der Waals surface area contributed by atoms with Crippen molar-refractivity contribution in [2.45, 2.75) is 0 Å². The van der Waals surface area contributed by atoms with Gasteiger partial charge in [-0.3, -0.25) is 0 Å². The maximum atomic E-state index is 9.33. The molecule has 0 amide bonds. The fourth-order valence-electron chi connectivity index (χ4n) is 5.12. The summed E-state index contributed by atoms with van der Waals surface area (Å²) < 4.78 is 0. The summed E-state index contributed by atoms with van der Waals surface area (Å²) in [4.78, 5) is 5.78. The minimum absolute atomic E-state index is 0.617. The molecule has 43 heavy (non-hydrogen) atoms. The summed E-state index contributed by atoms with van der Waals surface area (Å²) in [5.74, 6) is 0. The number of anilines is 3. The molecular formula is C39H24N4. The van der Waals surface area contributed by atoms with Crippen molar-refractivity contribution in [3.8, 4) is 45.5 Å². The van der Waals surface area contributed by atoms with Gasteiger partial charge in [-0.25, -0.2) is 4.85 Å². The molecule has 4 heteroatoms. The Balaban J connectivity index is 1.38. The van der Waals surface area contributed by atoms with Gasteiger partial charge >= 0.3 is 0 Å². The van der Waals surface area contributed by atoms with Crippen molar-refractivity contribution in [3.05, 3.63) is 168 Å². The minimum Gasteiger partial charge on any atom is -0.311 e. The summed E-state index contributed by atoms with van der Waals surface area (Å²) in [6, 6.07) is 52.3. The van der Waals surface area contributed by atoms with E-state index in [-0.39, 0.29) is 0 Å². The van der Waals surface area contributed by atoms with E-state index in [1.54, 1.807) is 0 Å². The summed E-state index contributed by atoms with van der Waals surface area (Å²) in [5.41, 5.74) is 11.1. The highest BCUT2D eigenvalue weighted by Crippen LogP contribution is 2.38. The Labute approximate surface area is 251 Å². The van der Waals surface area contributed by atoms with Crippen molar-refractivity contribution in [2.75, 3.05) is 4.90 Å². The van der Waals surface area contributed by atoms with E-state index in [1.165, 1.54) is 0 Å². The molecule has 0 aliphatic carbocycles. The largest absolute Gasteiger partial charge is 0.311 e. The van der Waals surface area contributed by atoms with Crippen LogP contribution in [0, 0.1) is 29.2 Å². The van der Waals surface area contributed by atoms with Gasteiger partial charge in [0.2, 0.25) is 0 Å². The second kappa shape index (κ2) is 12.0. The molecule has 6 rings (SSSR count). The Hall–Kier alpha value is -6.41. The van der Waals surface area contributed by atoms with Crippen molar-refractivity contribution in [1.82, 2.24) is 0 Å². The molecular weight excluding hydrogens is 524 g/mol. The van der Waals surface area contributed by atoms with Crippen LogP contribution in [-0.2, 0) is 0 Å². The highest BCUT2D eigenvalue weighted by Gasteiger charge is 2.14. The van der Waals surface area contributed by atoms with E-state index in [0.29, 0.717) is 16.8 Å². The molecule has 0 heterocycles. The van der Waals surface area contributed by atoms with Crippen LogP contribution in [0.25, 0.3) is 38.2 Å². The highest BCUT2D eigenvalue weighted by molar-refractivity contribution is 5.81. The predicted octanol–water partition coefficient (Wildman–Crippen LogP) is 10.5. The van der Waals surface area contributed by atoms with E-state index >= 15 is 0 Å². The standard InChI is InChI=1S/C39H24N4/c1-42-36-7-3-6-35(25-36)33-16-22-39(23-17-33)43(37-18-12-31(13-19-37)30-10-8-28(26-40)9-11-30)38-20-14-32(15-21-38)34-5-2-4-29(24-34)27-41/h2-25H. The molecule has 0 aliphatic heterocycles. The molecule has 200 valence electrons. The van der Waals surface area contributed by atoms with Gasteiger partial charge < -0.3 is 4.90 Å². The monoisotopic (exact) mass is 548 g/mol. The number of hydrogen-bond acceptors (Lipinski definition) is 3. The van der Waals surface area contributed by atoms with Crippen LogP contribution in [0.1, 0.15) is 11.1 Å². The number of nitriles is 2. The second-order valence-electron chi connectivity index (χ2n) is 10.0. The SMILES string of the molecule is [C-]#[N+]c1cccc(-c2ccc(N(c3ccc(-c4ccc(C#N)cc4)cc3)c3ccc(-c4cccc(C#N)c4)cc3)cc2)c1. The van der Waals surface area contributed by atoms with Crippen molar-refractivity contribution >= 4 is 22.7 Å². The summed E-state index contributed by atoms with van der Waals surface area (Å²) in [7, 11) is 0. The fraction of sp³-hybridized carbons (Fsp3) is 0. The lowest BCUT2D eigenvalue weighted by Gasteiger charge is -2.26. The lowest BCUT2D eigenvalue weighted by atomic mass is 10.0. The van der Waals surface area contributed by atoms with E-state index < -0.39 is 0 Å². The van der Waals surface area contributed by atoms with E-state index in [2.05, 4.69) is 94.7 Å². The molecule has 0 saturated carbocycles. The zero-order chi connectivity index (χ0) is 29.6. The number of benzene rings is 6. The third-order valence-corrected chi connectivity index (χ3v) is 7.36. The minimum atomic E-state index is 0.617. The van der Waals surface area contributed by atoms with Gasteiger partial charge in [-0.2, -0.15) is 10.5 Å². The molecule has 0 unspecified atom stereocenters. The van der Waals surface area contributed by atoms with Crippen LogP contribution in [0.3, 0.4) is 0 Å². The van der Waals surface area contributed by atoms with Gasteiger partial charge in [0.05, 0.1) is 29.8 Å². The Morgan fingerprint density at radius 3 is 1.33 bits per heavy atom. The molecule has 0 aromatic heterocycles. The average Bonchev–Trinajstić information content (AvgIpc) is 3.09. The molecule has 0 aliphatic rings. The smallest absolute Gasteiger partial charge is 0.187 e. The Kier molecular flexibility index (Phi) is 7.47. The summed E-state index contributed by atoms with van der Waals surface area (Å²) in [6.45, 7) is 7.35. The van der Waals surface area contributed by atoms with Crippen molar-refractivity contribution in [1.29, 1.82) is 10.5 Å². The van der Waals surface area contributed by atoms with E-state index in [1.807, 2.05) is 72.8 Å². The summed E-state index contributed by atoms with van der Waals surface area (Å²) >= 11 is 0. The van der Waals surface area contributed by atoms with Crippen LogP contribution in [0.15, 0.2) is 146 Å². The molecule has 0 atom stereocenters. The molecule has 4 nitrogen and oxygen atoms in total. The number of rotatable bonds is 6.